The zero-order valence-electron chi connectivity index (χ0n) is 11.5. The Balaban J connectivity index is 1.84. The zero-order chi connectivity index (χ0) is 14.4. The molecule has 3 nitrogen and oxygen atoms in total. The van der Waals surface area contributed by atoms with Gasteiger partial charge >= 0.3 is 0 Å². The second-order valence-corrected chi connectivity index (χ2v) is 5.57. The zero-order valence-corrected chi connectivity index (χ0v) is 11.5. The number of nitrogens with zero attached hydrogens (tertiary/aromatic N) is 2. The number of rotatable bonds is 3. The molecule has 1 fully saturated rings. The Labute approximate surface area is 121 Å². The average Bonchev–Trinajstić information content (AvgIpc) is 3.23. The minimum absolute atomic E-state index is 0.267. The Bertz CT molecular complexity index is 821. The van der Waals surface area contributed by atoms with E-state index in [-0.39, 0.29) is 11.6 Å². The van der Waals surface area contributed by atoms with Crippen LogP contribution in [0.3, 0.4) is 0 Å². The lowest BCUT2D eigenvalue weighted by molar-refractivity contribution is 0.468. The van der Waals surface area contributed by atoms with Gasteiger partial charge in [-0.05, 0) is 31.0 Å². The van der Waals surface area contributed by atoms with Gasteiger partial charge in [-0.3, -0.25) is 0 Å². The fourth-order valence-corrected chi connectivity index (χ4v) is 2.82. The van der Waals surface area contributed by atoms with Gasteiger partial charge in [0.2, 0.25) is 0 Å². The molecule has 1 aliphatic carbocycles. The maximum atomic E-state index is 13.4. The molecule has 4 heteroatoms. The van der Waals surface area contributed by atoms with Crippen LogP contribution >= 0.6 is 0 Å². The smallest absolute Gasteiger partial charge is 0.125 e. The third-order valence-corrected chi connectivity index (χ3v) is 3.98. The molecule has 0 atom stereocenters. The van der Waals surface area contributed by atoms with Gasteiger partial charge < -0.3 is 9.67 Å². The number of halogens is 1. The van der Waals surface area contributed by atoms with E-state index in [2.05, 4.69) is 9.55 Å². The first-order chi connectivity index (χ1) is 10.2. The van der Waals surface area contributed by atoms with Crippen molar-refractivity contribution in [1.29, 1.82) is 0 Å². The van der Waals surface area contributed by atoms with E-state index in [1.807, 2.05) is 12.1 Å². The van der Waals surface area contributed by atoms with E-state index >= 15 is 0 Å². The third kappa shape index (κ3) is 2.17. The molecule has 0 amide bonds. The Morgan fingerprint density at radius 3 is 2.76 bits per heavy atom. The number of fused-ring (bicyclic) bond motifs is 1. The van der Waals surface area contributed by atoms with Gasteiger partial charge in [-0.1, -0.05) is 18.2 Å². The Hall–Kier alpha value is -2.36. The molecule has 1 aliphatic rings. The summed E-state index contributed by atoms with van der Waals surface area (Å²) in [5.74, 6) is 0.898. The fourth-order valence-electron chi connectivity index (χ4n) is 2.82. The molecule has 0 aliphatic heterocycles. The SMILES string of the molecule is Oc1ccccc1Cc1nc2cc(F)ccc2n1C1CC1. The maximum absolute atomic E-state index is 13.4. The summed E-state index contributed by atoms with van der Waals surface area (Å²) in [5, 5.41) is 9.94. The van der Waals surface area contributed by atoms with E-state index in [1.165, 1.54) is 12.1 Å². The van der Waals surface area contributed by atoms with E-state index in [4.69, 9.17) is 0 Å². The molecule has 0 radical (unpaired) electrons. The Morgan fingerprint density at radius 1 is 1.19 bits per heavy atom. The van der Waals surface area contributed by atoms with Crippen LogP contribution in [0.1, 0.15) is 30.3 Å². The molecule has 0 saturated heterocycles. The van der Waals surface area contributed by atoms with E-state index in [0.717, 1.165) is 29.7 Å². The van der Waals surface area contributed by atoms with Crippen molar-refractivity contribution in [3.63, 3.8) is 0 Å². The summed E-state index contributed by atoms with van der Waals surface area (Å²) < 4.78 is 15.6. The normalized spacial score (nSPS) is 14.7. The van der Waals surface area contributed by atoms with Crippen LogP contribution in [0.5, 0.6) is 5.75 Å². The minimum atomic E-state index is -0.267. The first-order valence-corrected chi connectivity index (χ1v) is 7.15. The number of aromatic hydroxyl groups is 1. The van der Waals surface area contributed by atoms with Gasteiger partial charge in [-0.15, -0.1) is 0 Å². The molecule has 3 aromatic rings. The van der Waals surface area contributed by atoms with E-state index in [0.29, 0.717) is 18.0 Å². The van der Waals surface area contributed by atoms with Gasteiger partial charge in [0.1, 0.15) is 17.4 Å². The van der Waals surface area contributed by atoms with Crippen LogP contribution in [-0.4, -0.2) is 14.7 Å². The van der Waals surface area contributed by atoms with Crippen molar-refractivity contribution in [3.8, 4) is 5.75 Å². The van der Waals surface area contributed by atoms with Crippen LogP contribution in [0.25, 0.3) is 11.0 Å². The molecule has 0 bridgehead atoms. The molecule has 2 aromatic carbocycles. The number of para-hydroxylation sites is 1. The molecule has 4 rings (SSSR count). The van der Waals surface area contributed by atoms with Crippen LogP contribution in [-0.2, 0) is 6.42 Å². The lowest BCUT2D eigenvalue weighted by Gasteiger charge is -2.08. The number of phenols is 1. The monoisotopic (exact) mass is 282 g/mol. The maximum Gasteiger partial charge on any atom is 0.125 e. The van der Waals surface area contributed by atoms with Gasteiger partial charge in [0.15, 0.2) is 0 Å². The molecule has 1 heterocycles. The fraction of sp³-hybridized carbons (Fsp3) is 0.235. The number of phenolic OH excluding ortho intramolecular Hbond substituents is 1. The van der Waals surface area contributed by atoms with Crippen LogP contribution in [0, 0.1) is 5.82 Å². The second-order valence-electron chi connectivity index (χ2n) is 5.57. The van der Waals surface area contributed by atoms with E-state index < -0.39 is 0 Å². The third-order valence-electron chi connectivity index (χ3n) is 3.98. The lowest BCUT2D eigenvalue weighted by atomic mass is 10.1. The van der Waals surface area contributed by atoms with Gasteiger partial charge in [0, 0.05) is 24.1 Å². The van der Waals surface area contributed by atoms with Crippen LogP contribution in [0.15, 0.2) is 42.5 Å². The quantitative estimate of drug-likeness (QED) is 0.793. The number of hydrogen-bond donors (Lipinski definition) is 1. The van der Waals surface area contributed by atoms with Crippen molar-refractivity contribution in [3.05, 3.63) is 59.7 Å². The highest BCUT2D eigenvalue weighted by Crippen LogP contribution is 2.39. The largest absolute Gasteiger partial charge is 0.508 e. The Kier molecular flexibility index (Phi) is 2.70. The van der Waals surface area contributed by atoms with Crippen LogP contribution in [0.4, 0.5) is 4.39 Å². The second kappa shape index (κ2) is 4.58. The average molecular weight is 282 g/mol. The standard InChI is InChI=1S/C17H15FN2O/c18-12-5-8-15-14(10-12)19-17(20(15)13-6-7-13)9-11-3-1-2-4-16(11)21/h1-5,8,10,13,21H,6-7,9H2. The molecular weight excluding hydrogens is 267 g/mol. The number of hydrogen-bond acceptors (Lipinski definition) is 2. The van der Waals surface area contributed by atoms with Crippen LogP contribution < -0.4 is 0 Å². The summed E-state index contributed by atoms with van der Waals surface area (Å²) in [5.41, 5.74) is 2.51. The van der Waals surface area contributed by atoms with E-state index in [9.17, 15) is 9.50 Å². The summed E-state index contributed by atoms with van der Waals surface area (Å²) in [6.45, 7) is 0. The molecule has 1 saturated carbocycles. The summed E-state index contributed by atoms with van der Waals surface area (Å²) in [4.78, 5) is 4.58. The molecule has 0 unspecified atom stereocenters. The highest BCUT2D eigenvalue weighted by atomic mass is 19.1. The number of benzene rings is 2. The summed E-state index contributed by atoms with van der Waals surface area (Å²) in [6.07, 6.45) is 2.83. The van der Waals surface area contributed by atoms with Crippen molar-refractivity contribution in [2.45, 2.75) is 25.3 Å². The van der Waals surface area contributed by atoms with Crippen LogP contribution in [0.2, 0.25) is 0 Å². The number of aromatic nitrogens is 2. The first-order valence-electron chi connectivity index (χ1n) is 7.15. The summed E-state index contributed by atoms with van der Waals surface area (Å²) >= 11 is 0. The molecule has 1 N–H and O–H groups in total. The highest BCUT2D eigenvalue weighted by Gasteiger charge is 2.28. The number of imidazole rings is 1. The predicted octanol–water partition coefficient (Wildman–Crippen LogP) is 3.81. The summed E-state index contributed by atoms with van der Waals surface area (Å²) in [7, 11) is 0. The van der Waals surface area contributed by atoms with Crippen molar-refractivity contribution in [2.75, 3.05) is 0 Å². The molecule has 21 heavy (non-hydrogen) atoms. The van der Waals surface area contributed by atoms with E-state index in [1.54, 1.807) is 18.2 Å². The molecule has 1 aromatic heterocycles. The molecule has 0 spiro atoms. The Morgan fingerprint density at radius 2 is 2.00 bits per heavy atom. The lowest BCUT2D eigenvalue weighted by Crippen LogP contribution is -2.02. The van der Waals surface area contributed by atoms with Gasteiger partial charge in [-0.25, -0.2) is 9.37 Å². The predicted molar refractivity (Wildman–Crippen MR) is 78.9 cm³/mol. The van der Waals surface area contributed by atoms with Gasteiger partial charge in [0.05, 0.1) is 11.0 Å². The molecule has 106 valence electrons. The van der Waals surface area contributed by atoms with Crippen molar-refractivity contribution in [2.24, 2.45) is 0 Å². The van der Waals surface area contributed by atoms with Gasteiger partial charge in [-0.2, -0.15) is 0 Å². The van der Waals surface area contributed by atoms with Crippen molar-refractivity contribution in [1.82, 2.24) is 9.55 Å². The van der Waals surface area contributed by atoms with Crippen molar-refractivity contribution >= 4 is 11.0 Å². The highest BCUT2D eigenvalue weighted by molar-refractivity contribution is 5.76. The summed E-state index contributed by atoms with van der Waals surface area (Å²) in [6, 6.07) is 12.5. The topological polar surface area (TPSA) is 38.1 Å². The molecular formula is C17H15FN2O. The first kappa shape index (κ1) is 12.4. The minimum Gasteiger partial charge on any atom is -0.508 e. The van der Waals surface area contributed by atoms with Crippen molar-refractivity contribution < 1.29 is 9.50 Å². The van der Waals surface area contributed by atoms with Gasteiger partial charge in [0.25, 0.3) is 0 Å².